The van der Waals surface area contributed by atoms with Crippen LogP contribution in [-0.4, -0.2) is 11.5 Å². The molecule has 1 aromatic carbocycles. The molecule has 0 aliphatic rings. The molecule has 3 heteroatoms. The molecule has 0 aromatic heterocycles. The second kappa shape index (κ2) is 5.33. The zero-order valence-electron chi connectivity index (χ0n) is 13.3. The summed E-state index contributed by atoms with van der Waals surface area (Å²) in [5.74, 6) is -0.170. The predicted octanol–water partition coefficient (Wildman–Crippen LogP) is 3.69. The molecule has 0 bridgehead atoms. The lowest BCUT2D eigenvalue weighted by Gasteiger charge is -2.22. The van der Waals surface area contributed by atoms with E-state index in [0.29, 0.717) is 0 Å². The maximum Gasteiger partial charge on any atom is 0.275 e. The first-order valence-electron chi connectivity index (χ1n) is 6.61. The molecule has 0 aliphatic carbocycles. The molecule has 3 nitrogen and oxygen atoms in total. The molecule has 0 aliphatic heterocycles. The van der Waals surface area contributed by atoms with Crippen molar-refractivity contribution in [2.75, 3.05) is 0 Å². The number of hydrogen-bond donors (Lipinski definition) is 1. The highest BCUT2D eigenvalue weighted by Crippen LogP contribution is 2.26. The fraction of sp³-hybridized carbons (Fsp3) is 0.562. The first-order valence-corrected chi connectivity index (χ1v) is 6.61. The van der Waals surface area contributed by atoms with Gasteiger partial charge in [-0.3, -0.25) is 9.63 Å². The molecule has 1 amide bonds. The molecule has 106 valence electrons. The quantitative estimate of drug-likeness (QED) is 0.826. The van der Waals surface area contributed by atoms with Gasteiger partial charge in [0.05, 0.1) is 5.60 Å². The van der Waals surface area contributed by atoms with E-state index in [-0.39, 0.29) is 5.91 Å². The monoisotopic (exact) mass is 263 g/mol. The third-order valence-corrected chi connectivity index (χ3v) is 3.68. The Labute approximate surface area is 116 Å². The van der Waals surface area contributed by atoms with Gasteiger partial charge < -0.3 is 0 Å². The smallest absolute Gasteiger partial charge is 0.268 e. The van der Waals surface area contributed by atoms with Crippen molar-refractivity contribution < 1.29 is 9.63 Å². The average molecular weight is 263 g/mol. The van der Waals surface area contributed by atoms with Gasteiger partial charge in [-0.2, -0.15) is 0 Å². The maximum absolute atomic E-state index is 12.3. The Morgan fingerprint density at radius 3 is 1.58 bits per heavy atom. The summed E-state index contributed by atoms with van der Waals surface area (Å²) in [6, 6.07) is 0. The Balaban J connectivity index is 3.18. The Morgan fingerprint density at radius 2 is 1.21 bits per heavy atom. The Bertz CT molecular complexity index is 481. The van der Waals surface area contributed by atoms with Crippen molar-refractivity contribution in [1.82, 2.24) is 5.48 Å². The zero-order valence-corrected chi connectivity index (χ0v) is 13.3. The van der Waals surface area contributed by atoms with Gasteiger partial charge in [0.1, 0.15) is 0 Å². The lowest BCUT2D eigenvalue weighted by molar-refractivity contribution is -0.0590. The van der Waals surface area contributed by atoms with Crippen molar-refractivity contribution in [1.29, 1.82) is 0 Å². The molecule has 0 radical (unpaired) electrons. The molecule has 19 heavy (non-hydrogen) atoms. The number of hydrogen-bond acceptors (Lipinski definition) is 2. The van der Waals surface area contributed by atoms with E-state index < -0.39 is 5.60 Å². The van der Waals surface area contributed by atoms with E-state index in [4.69, 9.17) is 4.84 Å². The molecule has 1 N–H and O–H groups in total. The van der Waals surface area contributed by atoms with Crippen molar-refractivity contribution in [2.45, 2.75) is 61.0 Å². The SMILES string of the molecule is Cc1c(C)c(C)c(C(=O)NOC(C)(C)C)c(C)c1C. The van der Waals surface area contributed by atoms with Crippen LogP contribution in [0, 0.1) is 34.6 Å². The van der Waals surface area contributed by atoms with Crippen LogP contribution in [0.5, 0.6) is 0 Å². The van der Waals surface area contributed by atoms with Gasteiger partial charge >= 0.3 is 0 Å². The molecule has 0 fully saturated rings. The fourth-order valence-electron chi connectivity index (χ4n) is 2.09. The molecule has 0 atom stereocenters. The van der Waals surface area contributed by atoms with Gasteiger partial charge in [-0.05, 0) is 83.2 Å². The number of rotatable bonds is 2. The molecule has 1 rings (SSSR count). The molecule has 1 aromatic rings. The summed E-state index contributed by atoms with van der Waals surface area (Å²) in [6.07, 6.45) is 0. The fourth-order valence-corrected chi connectivity index (χ4v) is 2.09. The van der Waals surface area contributed by atoms with Crippen LogP contribution >= 0.6 is 0 Å². The van der Waals surface area contributed by atoms with Crippen LogP contribution < -0.4 is 5.48 Å². The number of nitrogens with one attached hydrogen (secondary N) is 1. The predicted molar refractivity (Wildman–Crippen MR) is 78.4 cm³/mol. The van der Waals surface area contributed by atoms with Crippen LogP contribution in [0.3, 0.4) is 0 Å². The average Bonchev–Trinajstić information content (AvgIpc) is 2.31. The normalized spacial score (nSPS) is 11.6. The summed E-state index contributed by atoms with van der Waals surface area (Å²) in [5.41, 5.74) is 8.53. The summed E-state index contributed by atoms with van der Waals surface area (Å²) in [6.45, 7) is 15.9. The lowest BCUT2D eigenvalue weighted by Crippen LogP contribution is -2.34. The van der Waals surface area contributed by atoms with Crippen molar-refractivity contribution in [2.24, 2.45) is 0 Å². The first kappa shape index (κ1) is 15.7. The third kappa shape index (κ3) is 3.35. The zero-order chi connectivity index (χ0) is 15.0. The first-order chi connectivity index (χ1) is 8.56. The minimum absolute atomic E-state index is 0.170. The van der Waals surface area contributed by atoms with E-state index in [2.05, 4.69) is 26.3 Å². The highest BCUT2D eigenvalue weighted by atomic mass is 16.7. The number of hydroxylamine groups is 1. The number of benzene rings is 1. The van der Waals surface area contributed by atoms with E-state index in [9.17, 15) is 4.79 Å². The summed E-state index contributed by atoms with van der Waals surface area (Å²) < 4.78 is 0. The number of amides is 1. The second-order valence-electron chi connectivity index (χ2n) is 6.15. The van der Waals surface area contributed by atoms with Crippen LogP contribution in [0.15, 0.2) is 0 Å². The van der Waals surface area contributed by atoms with Crippen molar-refractivity contribution >= 4 is 5.91 Å². The summed E-state index contributed by atoms with van der Waals surface area (Å²) in [5, 5.41) is 0. The maximum atomic E-state index is 12.3. The van der Waals surface area contributed by atoms with Gasteiger partial charge in [0.15, 0.2) is 0 Å². The van der Waals surface area contributed by atoms with E-state index in [1.165, 1.54) is 16.7 Å². The Morgan fingerprint density at radius 1 is 0.842 bits per heavy atom. The van der Waals surface area contributed by atoms with Gasteiger partial charge in [-0.25, -0.2) is 5.48 Å². The molecule has 0 heterocycles. The van der Waals surface area contributed by atoms with Gasteiger partial charge in [0.2, 0.25) is 0 Å². The second-order valence-corrected chi connectivity index (χ2v) is 6.15. The van der Waals surface area contributed by atoms with Crippen LogP contribution in [0.25, 0.3) is 0 Å². The topological polar surface area (TPSA) is 38.3 Å². The molecule has 0 unspecified atom stereocenters. The molecule has 0 spiro atoms. The van der Waals surface area contributed by atoms with Crippen molar-refractivity contribution in [3.05, 3.63) is 33.4 Å². The van der Waals surface area contributed by atoms with Crippen LogP contribution in [0.1, 0.15) is 58.9 Å². The number of carbonyl (C=O) groups is 1. The van der Waals surface area contributed by atoms with Gasteiger partial charge in [0, 0.05) is 5.56 Å². The Kier molecular flexibility index (Phi) is 4.41. The lowest BCUT2D eigenvalue weighted by atomic mass is 9.89. The highest BCUT2D eigenvalue weighted by molar-refractivity contribution is 5.97. The van der Waals surface area contributed by atoms with Crippen LogP contribution in [-0.2, 0) is 4.84 Å². The summed E-state index contributed by atoms with van der Waals surface area (Å²) in [7, 11) is 0. The van der Waals surface area contributed by atoms with Gasteiger partial charge in [-0.15, -0.1) is 0 Å². The van der Waals surface area contributed by atoms with E-state index in [1.54, 1.807) is 0 Å². The Hall–Kier alpha value is -1.35. The van der Waals surface area contributed by atoms with Crippen LogP contribution in [0.4, 0.5) is 0 Å². The molecular formula is C16H25NO2. The van der Waals surface area contributed by atoms with Crippen molar-refractivity contribution in [3.8, 4) is 0 Å². The standard InChI is InChI=1S/C16H25NO2/c1-9-10(2)12(4)14(13(5)11(9)3)15(18)17-19-16(6,7)8/h1-8H3,(H,17,18). The largest absolute Gasteiger partial charge is 0.275 e. The molecule has 0 saturated heterocycles. The minimum atomic E-state index is -0.397. The van der Waals surface area contributed by atoms with E-state index in [0.717, 1.165) is 16.7 Å². The van der Waals surface area contributed by atoms with E-state index in [1.807, 2.05) is 34.6 Å². The van der Waals surface area contributed by atoms with Gasteiger partial charge in [-0.1, -0.05) is 0 Å². The summed E-state index contributed by atoms with van der Waals surface area (Å²) in [4.78, 5) is 17.7. The number of carbonyl (C=O) groups excluding carboxylic acids is 1. The van der Waals surface area contributed by atoms with Gasteiger partial charge in [0.25, 0.3) is 5.91 Å². The minimum Gasteiger partial charge on any atom is -0.268 e. The highest BCUT2D eigenvalue weighted by Gasteiger charge is 2.20. The van der Waals surface area contributed by atoms with E-state index >= 15 is 0 Å². The molecule has 0 saturated carbocycles. The third-order valence-electron chi connectivity index (χ3n) is 3.68. The van der Waals surface area contributed by atoms with Crippen molar-refractivity contribution in [3.63, 3.8) is 0 Å². The molecular weight excluding hydrogens is 238 g/mol. The van der Waals surface area contributed by atoms with Crippen LogP contribution in [0.2, 0.25) is 0 Å². The summed E-state index contributed by atoms with van der Waals surface area (Å²) >= 11 is 0.